The van der Waals surface area contributed by atoms with Crippen LogP contribution in [-0.2, 0) is 0 Å². The van der Waals surface area contributed by atoms with E-state index in [0.717, 1.165) is 17.9 Å². The minimum Gasteiger partial charge on any atom is -0.314 e. The van der Waals surface area contributed by atoms with Crippen LogP contribution in [0.3, 0.4) is 0 Å². The maximum Gasteiger partial charge on any atom is 0.00680 e. The molecule has 0 bridgehead atoms. The Balaban J connectivity index is 1.55. The van der Waals surface area contributed by atoms with Gasteiger partial charge < -0.3 is 10.2 Å². The van der Waals surface area contributed by atoms with Crippen LogP contribution < -0.4 is 5.32 Å². The summed E-state index contributed by atoms with van der Waals surface area (Å²) in [6.07, 6.45) is 8.45. The molecule has 0 amide bonds. The maximum absolute atomic E-state index is 3.60. The Hall–Kier alpha value is -0.0800. The van der Waals surface area contributed by atoms with Gasteiger partial charge in [-0.1, -0.05) is 13.8 Å². The minimum atomic E-state index is 0.836. The van der Waals surface area contributed by atoms with Crippen LogP contribution in [0.4, 0.5) is 0 Å². The molecular formula is C15H30N2. The van der Waals surface area contributed by atoms with Crippen molar-refractivity contribution in [2.24, 2.45) is 11.8 Å². The number of hydrogen-bond donors (Lipinski definition) is 1. The molecule has 2 saturated heterocycles. The molecule has 0 aromatic rings. The smallest absolute Gasteiger partial charge is 0.00680 e. The molecule has 2 heteroatoms. The number of likely N-dealkylation sites (tertiary alicyclic amines) is 1. The average Bonchev–Trinajstić information content (AvgIpc) is 2.83. The van der Waals surface area contributed by atoms with Gasteiger partial charge in [-0.05, 0) is 76.5 Å². The molecule has 0 aromatic carbocycles. The van der Waals surface area contributed by atoms with Crippen LogP contribution in [0.1, 0.15) is 52.4 Å². The molecule has 2 aliphatic heterocycles. The lowest BCUT2D eigenvalue weighted by Gasteiger charge is -2.34. The van der Waals surface area contributed by atoms with Gasteiger partial charge in [-0.25, -0.2) is 0 Å². The minimum absolute atomic E-state index is 0.836. The highest BCUT2D eigenvalue weighted by Gasteiger charge is 2.21. The molecule has 2 heterocycles. The molecule has 0 spiro atoms. The normalized spacial score (nSPS) is 28.1. The quantitative estimate of drug-likeness (QED) is 0.792. The van der Waals surface area contributed by atoms with Crippen molar-refractivity contribution in [3.63, 3.8) is 0 Å². The maximum atomic E-state index is 3.60. The molecule has 2 rings (SSSR count). The third-order valence-corrected chi connectivity index (χ3v) is 4.76. The van der Waals surface area contributed by atoms with E-state index in [4.69, 9.17) is 0 Å². The molecule has 1 N–H and O–H groups in total. The van der Waals surface area contributed by atoms with Gasteiger partial charge in [0.25, 0.3) is 0 Å². The molecule has 0 aromatic heterocycles. The second-order valence-corrected chi connectivity index (χ2v) is 6.36. The molecule has 2 fully saturated rings. The van der Waals surface area contributed by atoms with Crippen LogP contribution in [0, 0.1) is 11.8 Å². The van der Waals surface area contributed by atoms with Gasteiger partial charge in [0.05, 0.1) is 0 Å². The Bertz CT molecular complexity index is 201. The zero-order valence-electron chi connectivity index (χ0n) is 11.8. The molecule has 2 nitrogen and oxygen atoms in total. The summed E-state index contributed by atoms with van der Waals surface area (Å²) in [6, 6.07) is 0.836. The number of nitrogens with zero attached hydrogens (tertiary/aromatic N) is 1. The molecule has 0 aliphatic carbocycles. The van der Waals surface area contributed by atoms with Crippen LogP contribution in [0.25, 0.3) is 0 Å². The van der Waals surface area contributed by atoms with Crippen molar-refractivity contribution in [3.05, 3.63) is 0 Å². The summed E-state index contributed by atoms with van der Waals surface area (Å²) < 4.78 is 0. The first-order valence-corrected chi connectivity index (χ1v) is 7.71. The first kappa shape index (κ1) is 13.4. The van der Waals surface area contributed by atoms with Crippen LogP contribution in [0.2, 0.25) is 0 Å². The van der Waals surface area contributed by atoms with Crippen LogP contribution in [-0.4, -0.2) is 37.1 Å². The van der Waals surface area contributed by atoms with Crippen molar-refractivity contribution in [3.8, 4) is 0 Å². The van der Waals surface area contributed by atoms with E-state index in [1.165, 1.54) is 64.7 Å². The SMILES string of the molecule is CC(C)C1CCN(CCCC2CCCN2)CC1. The zero-order chi connectivity index (χ0) is 12.1. The van der Waals surface area contributed by atoms with E-state index in [-0.39, 0.29) is 0 Å². The van der Waals surface area contributed by atoms with Gasteiger partial charge in [-0.3, -0.25) is 0 Å². The van der Waals surface area contributed by atoms with Crippen molar-refractivity contribution in [1.29, 1.82) is 0 Å². The molecule has 1 atom stereocenters. The third kappa shape index (κ3) is 4.26. The van der Waals surface area contributed by atoms with E-state index in [1.54, 1.807) is 0 Å². The van der Waals surface area contributed by atoms with Gasteiger partial charge in [0.1, 0.15) is 0 Å². The Kier molecular flexibility index (Phi) is 5.30. The standard InChI is InChI=1S/C15H30N2/c1-13(2)14-7-11-17(12-8-14)10-4-6-15-5-3-9-16-15/h13-16H,3-12H2,1-2H3. The summed E-state index contributed by atoms with van der Waals surface area (Å²) in [5, 5.41) is 3.60. The van der Waals surface area contributed by atoms with Crippen molar-refractivity contribution in [2.45, 2.75) is 58.4 Å². The average molecular weight is 238 g/mol. The van der Waals surface area contributed by atoms with Crippen molar-refractivity contribution in [1.82, 2.24) is 10.2 Å². The summed E-state index contributed by atoms with van der Waals surface area (Å²) in [5.41, 5.74) is 0. The van der Waals surface area contributed by atoms with Gasteiger partial charge in [0, 0.05) is 6.04 Å². The largest absolute Gasteiger partial charge is 0.314 e. The third-order valence-electron chi connectivity index (χ3n) is 4.76. The molecule has 0 saturated carbocycles. The van der Waals surface area contributed by atoms with E-state index >= 15 is 0 Å². The molecule has 100 valence electrons. The number of piperidine rings is 1. The van der Waals surface area contributed by atoms with Gasteiger partial charge in [-0.15, -0.1) is 0 Å². The number of nitrogens with one attached hydrogen (secondary N) is 1. The van der Waals surface area contributed by atoms with Crippen molar-refractivity contribution in [2.75, 3.05) is 26.2 Å². The fourth-order valence-corrected chi connectivity index (χ4v) is 3.41. The monoisotopic (exact) mass is 238 g/mol. The zero-order valence-corrected chi connectivity index (χ0v) is 11.8. The lowest BCUT2D eigenvalue weighted by Crippen LogP contribution is -2.36. The number of rotatable bonds is 5. The predicted octanol–water partition coefficient (Wildman–Crippen LogP) is 2.89. The van der Waals surface area contributed by atoms with E-state index < -0.39 is 0 Å². The molecular weight excluding hydrogens is 208 g/mol. The van der Waals surface area contributed by atoms with Crippen LogP contribution >= 0.6 is 0 Å². The van der Waals surface area contributed by atoms with Gasteiger partial charge in [0.2, 0.25) is 0 Å². The van der Waals surface area contributed by atoms with E-state index in [2.05, 4.69) is 24.1 Å². The van der Waals surface area contributed by atoms with Gasteiger partial charge in [0.15, 0.2) is 0 Å². The first-order chi connectivity index (χ1) is 8.25. The molecule has 1 unspecified atom stereocenters. The molecule has 0 radical (unpaired) electrons. The fraction of sp³-hybridized carbons (Fsp3) is 1.00. The first-order valence-electron chi connectivity index (χ1n) is 7.71. The molecule has 2 aliphatic rings. The highest BCUT2D eigenvalue weighted by Crippen LogP contribution is 2.24. The Morgan fingerprint density at radius 1 is 1.18 bits per heavy atom. The van der Waals surface area contributed by atoms with E-state index in [1.807, 2.05) is 0 Å². The van der Waals surface area contributed by atoms with Crippen molar-refractivity contribution >= 4 is 0 Å². The summed E-state index contributed by atoms with van der Waals surface area (Å²) in [6.45, 7) is 10.0. The lowest BCUT2D eigenvalue weighted by molar-refractivity contribution is 0.155. The Morgan fingerprint density at radius 3 is 2.53 bits per heavy atom. The second kappa shape index (κ2) is 6.75. The number of hydrogen-bond acceptors (Lipinski definition) is 2. The highest BCUT2D eigenvalue weighted by molar-refractivity contribution is 4.77. The van der Waals surface area contributed by atoms with Crippen LogP contribution in [0.15, 0.2) is 0 Å². The van der Waals surface area contributed by atoms with Gasteiger partial charge >= 0.3 is 0 Å². The topological polar surface area (TPSA) is 15.3 Å². The van der Waals surface area contributed by atoms with Gasteiger partial charge in [-0.2, -0.15) is 0 Å². The summed E-state index contributed by atoms with van der Waals surface area (Å²) >= 11 is 0. The second-order valence-electron chi connectivity index (χ2n) is 6.36. The summed E-state index contributed by atoms with van der Waals surface area (Å²) in [7, 11) is 0. The summed E-state index contributed by atoms with van der Waals surface area (Å²) in [5.74, 6) is 1.88. The lowest BCUT2D eigenvalue weighted by atomic mass is 9.86. The van der Waals surface area contributed by atoms with E-state index in [0.29, 0.717) is 0 Å². The fourth-order valence-electron chi connectivity index (χ4n) is 3.41. The Morgan fingerprint density at radius 2 is 1.94 bits per heavy atom. The predicted molar refractivity (Wildman–Crippen MR) is 74.3 cm³/mol. The Labute approximate surface area is 107 Å². The highest BCUT2D eigenvalue weighted by atomic mass is 15.1. The van der Waals surface area contributed by atoms with Crippen molar-refractivity contribution < 1.29 is 0 Å². The van der Waals surface area contributed by atoms with E-state index in [9.17, 15) is 0 Å². The van der Waals surface area contributed by atoms with Crippen LogP contribution in [0.5, 0.6) is 0 Å². The molecule has 17 heavy (non-hydrogen) atoms. The summed E-state index contributed by atoms with van der Waals surface area (Å²) in [4.78, 5) is 2.69.